The zero-order valence-electron chi connectivity index (χ0n) is 7.53. The van der Waals surface area contributed by atoms with Crippen molar-refractivity contribution in [1.82, 2.24) is 0 Å². The zero-order valence-corrected chi connectivity index (χ0v) is 7.53. The standard InChI is InChI=1S/C8H14F3NO/c1-2-7(4-13-5-7)6(3-12)8(9,10)11/h6H,2-5,12H2,1H3. The molecule has 1 heterocycles. The first-order valence-corrected chi connectivity index (χ1v) is 4.31. The maximum Gasteiger partial charge on any atom is 0.393 e. The Hall–Kier alpha value is -0.290. The summed E-state index contributed by atoms with van der Waals surface area (Å²) < 4.78 is 42.3. The Labute approximate surface area is 75.2 Å². The molecule has 1 atom stereocenters. The van der Waals surface area contributed by atoms with Crippen LogP contribution < -0.4 is 5.73 Å². The lowest BCUT2D eigenvalue weighted by Crippen LogP contribution is -2.55. The van der Waals surface area contributed by atoms with E-state index in [1.165, 1.54) is 0 Å². The second kappa shape index (κ2) is 3.46. The van der Waals surface area contributed by atoms with Gasteiger partial charge in [-0.1, -0.05) is 6.92 Å². The predicted molar refractivity (Wildman–Crippen MR) is 42.1 cm³/mol. The molecule has 78 valence electrons. The van der Waals surface area contributed by atoms with Gasteiger partial charge in [0.2, 0.25) is 0 Å². The van der Waals surface area contributed by atoms with Crippen LogP contribution in [0.25, 0.3) is 0 Å². The first kappa shape index (κ1) is 10.8. The highest BCUT2D eigenvalue weighted by molar-refractivity contribution is 4.94. The molecule has 0 aromatic heterocycles. The van der Waals surface area contributed by atoms with Gasteiger partial charge in [-0.3, -0.25) is 0 Å². The molecule has 0 bridgehead atoms. The van der Waals surface area contributed by atoms with Crippen LogP contribution in [-0.2, 0) is 4.74 Å². The van der Waals surface area contributed by atoms with Crippen LogP contribution in [0, 0.1) is 11.3 Å². The third-order valence-electron chi connectivity index (χ3n) is 2.85. The van der Waals surface area contributed by atoms with Gasteiger partial charge in [-0.05, 0) is 6.42 Å². The smallest absolute Gasteiger partial charge is 0.380 e. The van der Waals surface area contributed by atoms with E-state index in [-0.39, 0.29) is 19.8 Å². The molecule has 13 heavy (non-hydrogen) atoms. The summed E-state index contributed by atoms with van der Waals surface area (Å²) >= 11 is 0. The normalized spacial score (nSPS) is 23.8. The van der Waals surface area contributed by atoms with Gasteiger partial charge in [0.05, 0.1) is 19.1 Å². The Morgan fingerprint density at radius 3 is 2.08 bits per heavy atom. The summed E-state index contributed by atoms with van der Waals surface area (Å²) in [7, 11) is 0. The van der Waals surface area contributed by atoms with Gasteiger partial charge in [-0.2, -0.15) is 13.2 Å². The van der Waals surface area contributed by atoms with Crippen molar-refractivity contribution in [3.05, 3.63) is 0 Å². The van der Waals surface area contributed by atoms with Crippen LogP contribution in [-0.4, -0.2) is 25.9 Å². The molecule has 0 spiro atoms. The van der Waals surface area contributed by atoms with Gasteiger partial charge in [-0.15, -0.1) is 0 Å². The van der Waals surface area contributed by atoms with E-state index in [9.17, 15) is 13.2 Å². The molecule has 0 aromatic rings. The van der Waals surface area contributed by atoms with Crippen molar-refractivity contribution in [2.75, 3.05) is 19.8 Å². The molecule has 0 aromatic carbocycles. The lowest BCUT2D eigenvalue weighted by Gasteiger charge is -2.46. The molecule has 0 aliphatic carbocycles. The van der Waals surface area contributed by atoms with E-state index < -0.39 is 17.5 Å². The van der Waals surface area contributed by atoms with Crippen molar-refractivity contribution in [2.24, 2.45) is 17.1 Å². The zero-order chi connectivity index (χ0) is 10.1. The van der Waals surface area contributed by atoms with Crippen molar-refractivity contribution in [3.63, 3.8) is 0 Å². The van der Waals surface area contributed by atoms with E-state index in [4.69, 9.17) is 10.5 Å². The highest BCUT2D eigenvalue weighted by Gasteiger charge is 2.55. The maximum absolute atomic E-state index is 12.5. The maximum atomic E-state index is 12.5. The van der Waals surface area contributed by atoms with E-state index >= 15 is 0 Å². The van der Waals surface area contributed by atoms with Gasteiger partial charge in [0.1, 0.15) is 0 Å². The largest absolute Gasteiger partial charge is 0.393 e. The fraction of sp³-hybridized carbons (Fsp3) is 1.00. The molecule has 0 amide bonds. The minimum Gasteiger partial charge on any atom is -0.380 e. The topological polar surface area (TPSA) is 35.2 Å². The minimum atomic E-state index is -4.20. The SMILES string of the molecule is CCC1(C(CN)C(F)(F)F)COC1. The molecule has 0 radical (unpaired) electrons. The molecule has 1 unspecified atom stereocenters. The number of rotatable bonds is 3. The highest BCUT2D eigenvalue weighted by Crippen LogP contribution is 2.46. The Bertz CT molecular complexity index is 171. The molecule has 1 fully saturated rings. The lowest BCUT2D eigenvalue weighted by molar-refractivity contribution is -0.256. The molecule has 1 aliphatic rings. The molecule has 2 nitrogen and oxygen atoms in total. The lowest BCUT2D eigenvalue weighted by atomic mass is 9.71. The number of nitrogens with two attached hydrogens (primary N) is 1. The number of hydrogen-bond acceptors (Lipinski definition) is 2. The number of halogens is 3. The Kier molecular flexibility index (Phi) is 2.87. The second-order valence-electron chi connectivity index (χ2n) is 3.54. The van der Waals surface area contributed by atoms with Gasteiger partial charge in [0.25, 0.3) is 0 Å². The molecule has 1 aliphatic heterocycles. The summed E-state index contributed by atoms with van der Waals surface area (Å²) in [6.07, 6.45) is -3.73. The fourth-order valence-corrected chi connectivity index (χ4v) is 1.75. The molecule has 1 saturated heterocycles. The van der Waals surface area contributed by atoms with Crippen molar-refractivity contribution in [1.29, 1.82) is 0 Å². The summed E-state index contributed by atoms with van der Waals surface area (Å²) in [4.78, 5) is 0. The van der Waals surface area contributed by atoms with E-state index in [2.05, 4.69) is 0 Å². The van der Waals surface area contributed by atoms with E-state index in [0.29, 0.717) is 6.42 Å². The molecule has 1 rings (SSSR count). The van der Waals surface area contributed by atoms with Crippen LogP contribution in [0.15, 0.2) is 0 Å². The van der Waals surface area contributed by atoms with Crippen LogP contribution in [0.3, 0.4) is 0 Å². The van der Waals surface area contributed by atoms with Crippen LogP contribution in [0.2, 0.25) is 0 Å². The number of hydrogen-bond donors (Lipinski definition) is 1. The number of ether oxygens (including phenoxy) is 1. The third-order valence-corrected chi connectivity index (χ3v) is 2.85. The molecular formula is C8H14F3NO. The van der Waals surface area contributed by atoms with Gasteiger partial charge in [0, 0.05) is 12.0 Å². The quantitative estimate of drug-likeness (QED) is 0.745. The van der Waals surface area contributed by atoms with Crippen molar-refractivity contribution in [2.45, 2.75) is 19.5 Å². The first-order chi connectivity index (χ1) is 5.96. The summed E-state index contributed by atoms with van der Waals surface area (Å²) in [6, 6.07) is 0. The first-order valence-electron chi connectivity index (χ1n) is 4.31. The Morgan fingerprint density at radius 1 is 1.46 bits per heavy atom. The van der Waals surface area contributed by atoms with Gasteiger partial charge >= 0.3 is 6.18 Å². The fourth-order valence-electron chi connectivity index (χ4n) is 1.75. The third kappa shape index (κ3) is 1.81. The van der Waals surface area contributed by atoms with Crippen LogP contribution in [0.5, 0.6) is 0 Å². The second-order valence-corrected chi connectivity index (χ2v) is 3.54. The van der Waals surface area contributed by atoms with Gasteiger partial charge < -0.3 is 10.5 Å². The predicted octanol–water partition coefficient (Wildman–Crippen LogP) is 1.55. The minimum absolute atomic E-state index is 0.185. The van der Waals surface area contributed by atoms with Gasteiger partial charge in [-0.25, -0.2) is 0 Å². The van der Waals surface area contributed by atoms with E-state index in [1.54, 1.807) is 6.92 Å². The summed E-state index contributed by atoms with van der Waals surface area (Å²) in [5.74, 6) is -1.42. The van der Waals surface area contributed by atoms with Crippen molar-refractivity contribution < 1.29 is 17.9 Å². The summed E-state index contributed by atoms with van der Waals surface area (Å²) in [5, 5.41) is 0. The molecular weight excluding hydrogens is 183 g/mol. The average molecular weight is 197 g/mol. The van der Waals surface area contributed by atoms with Crippen LogP contribution in [0.4, 0.5) is 13.2 Å². The molecule has 5 heteroatoms. The van der Waals surface area contributed by atoms with E-state index in [1.807, 2.05) is 0 Å². The number of alkyl halides is 3. The van der Waals surface area contributed by atoms with Crippen LogP contribution in [0.1, 0.15) is 13.3 Å². The Morgan fingerprint density at radius 2 is 2.00 bits per heavy atom. The monoisotopic (exact) mass is 197 g/mol. The van der Waals surface area contributed by atoms with Crippen LogP contribution >= 0.6 is 0 Å². The van der Waals surface area contributed by atoms with Gasteiger partial charge in [0.15, 0.2) is 0 Å². The summed E-state index contributed by atoms with van der Waals surface area (Å²) in [6.45, 7) is 1.77. The molecule has 2 N–H and O–H groups in total. The van der Waals surface area contributed by atoms with Crippen molar-refractivity contribution in [3.8, 4) is 0 Å². The highest BCUT2D eigenvalue weighted by atomic mass is 19.4. The average Bonchev–Trinajstić information content (AvgIpc) is 1.93. The molecule has 0 saturated carbocycles. The Balaban J connectivity index is 2.75. The van der Waals surface area contributed by atoms with Crippen molar-refractivity contribution >= 4 is 0 Å². The summed E-state index contributed by atoms with van der Waals surface area (Å²) in [5.41, 5.74) is 4.40. The van der Waals surface area contributed by atoms with E-state index in [0.717, 1.165) is 0 Å².